The summed E-state index contributed by atoms with van der Waals surface area (Å²) in [5.41, 5.74) is 1.18. The van der Waals surface area contributed by atoms with E-state index in [0.29, 0.717) is 23.8 Å². The van der Waals surface area contributed by atoms with Crippen LogP contribution in [0.5, 0.6) is 0 Å². The molecule has 1 aromatic rings. The van der Waals surface area contributed by atoms with Crippen molar-refractivity contribution >= 4 is 17.5 Å². The van der Waals surface area contributed by atoms with Gasteiger partial charge in [-0.1, -0.05) is 13.0 Å². The van der Waals surface area contributed by atoms with Crippen molar-refractivity contribution < 1.29 is 14.3 Å². The lowest BCUT2D eigenvalue weighted by atomic mass is 9.94. The molecule has 2 aliphatic heterocycles. The second-order valence-electron chi connectivity index (χ2n) is 6.62. The molecule has 6 heteroatoms. The molecule has 3 unspecified atom stereocenters. The quantitative estimate of drug-likeness (QED) is 0.782. The van der Waals surface area contributed by atoms with Gasteiger partial charge in [0.15, 0.2) is 0 Å². The summed E-state index contributed by atoms with van der Waals surface area (Å²) in [7, 11) is 0. The van der Waals surface area contributed by atoms with Gasteiger partial charge in [0.05, 0.1) is 0 Å². The summed E-state index contributed by atoms with van der Waals surface area (Å²) in [6.07, 6.45) is 2.34. The van der Waals surface area contributed by atoms with Crippen LogP contribution >= 0.6 is 0 Å². The molecule has 130 valence electrons. The number of hydrogen-bond acceptors (Lipinski definition) is 4. The van der Waals surface area contributed by atoms with Gasteiger partial charge in [-0.2, -0.15) is 0 Å². The highest BCUT2D eigenvalue weighted by atomic mass is 16.5. The second-order valence-corrected chi connectivity index (χ2v) is 6.62. The zero-order valence-corrected chi connectivity index (χ0v) is 14.0. The Labute approximate surface area is 142 Å². The lowest BCUT2D eigenvalue weighted by molar-refractivity contribution is -0.124. The minimum absolute atomic E-state index is 0.108. The van der Waals surface area contributed by atoms with Gasteiger partial charge in [0.1, 0.15) is 6.10 Å². The summed E-state index contributed by atoms with van der Waals surface area (Å²) in [6, 6.07) is 7.18. The van der Waals surface area contributed by atoms with Crippen molar-refractivity contribution in [2.75, 3.05) is 25.0 Å². The van der Waals surface area contributed by atoms with E-state index in [1.165, 1.54) is 0 Å². The lowest BCUT2D eigenvalue weighted by Crippen LogP contribution is -2.50. The number of amides is 2. The monoisotopic (exact) mass is 331 g/mol. The molecule has 2 heterocycles. The third kappa shape index (κ3) is 4.13. The van der Waals surface area contributed by atoms with Gasteiger partial charge >= 0.3 is 0 Å². The zero-order valence-electron chi connectivity index (χ0n) is 14.0. The number of hydrogen-bond donors (Lipinski definition) is 3. The Balaban J connectivity index is 1.61. The first kappa shape index (κ1) is 16.9. The van der Waals surface area contributed by atoms with E-state index in [1.54, 1.807) is 24.3 Å². The van der Waals surface area contributed by atoms with Crippen LogP contribution in [0.15, 0.2) is 24.3 Å². The molecule has 0 bridgehead atoms. The molecule has 6 nitrogen and oxygen atoms in total. The molecular weight excluding hydrogens is 306 g/mol. The van der Waals surface area contributed by atoms with E-state index >= 15 is 0 Å². The number of ether oxygens (including phenoxy) is 1. The summed E-state index contributed by atoms with van der Waals surface area (Å²) in [5, 5.41) is 9.22. The highest BCUT2D eigenvalue weighted by molar-refractivity contribution is 5.98. The number of anilines is 1. The van der Waals surface area contributed by atoms with E-state index in [1.807, 2.05) is 0 Å². The number of nitrogens with one attached hydrogen (secondary N) is 3. The van der Waals surface area contributed by atoms with Gasteiger partial charge in [-0.25, -0.2) is 0 Å². The Morgan fingerprint density at radius 2 is 2.17 bits per heavy atom. The Kier molecular flexibility index (Phi) is 5.48. The molecule has 24 heavy (non-hydrogen) atoms. The van der Waals surface area contributed by atoms with Crippen LogP contribution in [0.4, 0.5) is 5.69 Å². The smallest absolute Gasteiger partial charge is 0.253 e. The maximum Gasteiger partial charge on any atom is 0.253 e. The van der Waals surface area contributed by atoms with E-state index < -0.39 is 0 Å². The average molecular weight is 331 g/mol. The third-order valence-corrected chi connectivity index (χ3v) is 4.76. The number of benzene rings is 1. The molecule has 3 N–H and O–H groups in total. The lowest BCUT2D eigenvalue weighted by Gasteiger charge is -2.30. The van der Waals surface area contributed by atoms with Crippen molar-refractivity contribution in [1.29, 1.82) is 0 Å². The van der Waals surface area contributed by atoms with Crippen LogP contribution < -0.4 is 16.0 Å². The Hall–Kier alpha value is -1.92. The van der Waals surface area contributed by atoms with E-state index in [-0.39, 0.29) is 24.0 Å². The number of carbonyl (C=O) groups excluding carboxylic acids is 2. The van der Waals surface area contributed by atoms with E-state index in [0.717, 1.165) is 32.4 Å². The minimum atomic E-state index is -0.378. The highest BCUT2D eigenvalue weighted by Gasteiger charge is 2.25. The van der Waals surface area contributed by atoms with Gasteiger partial charge in [-0.05, 0) is 49.9 Å². The fraction of sp³-hybridized carbons (Fsp3) is 0.556. The fourth-order valence-electron chi connectivity index (χ4n) is 3.18. The molecule has 1 aromatic carbocycles. The maximum atomic E-state index is 12.5. The zero-order chi connectivity index (χ0) is 16.9. The van der Waals surface area contributed by atoms with Crippen molar-refractivity contribution in [1.82, 2.24) is 10.6 Å². The van der Waals surface area contributed by atoms with Crippen molar-refractivity contribution in [3.63, 3.8) is 0 Å². The van der Waals surface area contributed by atoms with Crippen molar-refractivity contribution in [3.05, 3.63) is 29.8 Å². The number of carbonyl (C=O) groups is 2. The summed E-state index contributed by atoms with van der Waals surface area (Å²) in [4.78, 5) is 24.6. The summed E-state index contributed by atoms with van der Waals surface area (Å²) in [6.45, 7) is 4.58. The average Bonchev–Trinajstić information content (AvgIpc) is 3.12. The van der Waals surface area contributed by atoms with Gasteiger partial charge in [0, 0.05) is 30.4 Å². The first-order valence-electron chi connectivity index (χ1n) is 8.67. The predicted molar refractivity (Wildman–Crippen MR) is 92.0 cm³/mol. The van der Waals surface area contributed by atoms with Crippen LogP contribution in [-0.4, -0.2) is 43.7 Å². The van der Waals surface area contributed by atoms with E-state index in [2.05, 4.69) is 22.9 Å². The third-order valence-electron chi connectivity index (χ3n) is 4.76. The van der Waals surface area contributed by atoms with E-state index in [4.69, 9.17) is 4.74 Å². The summed E-state index contributed by atoms with van der Waals surface area (Å²) < 4.78 is 5.38. The largest absolute Gasteiger partial charge is 0.368 e. The topological polar surface area (TPSA) is 79.5 Å². The Morgan fingerprint density at radius 3 is 2.92 bits per heavy atom. The molecule has 3 rings (SSSR count). The van der Waals surface area contributed by atoms with Crippen LogP contribution in [0.25, 0.3) is 0 Å². The van der Waals surface area contributed by atoms with Crippen LogP contribution in [0.1, 0.15) is 36.5 Å². The van der Waals surface area contributed by atoms with Crippen molar-refractivity contribution in [2.24, 2.45) is 5.92 Å². The van der Waals surface area contributed by atoms with Crippen molar-refractivity contribution in [2.45, 2.75) is 38.3 Å². The summed E-state index contributed by atoms with van der Waals surface area (Å²) in [5.74, 6) is 0.205. The SMILES string of the molecule is CC1CCNCC1NC(=O)c1cccc(NC(=O)C2CCCO2)c1. The molecule has 0 aliphatic carbocycles. The van der Waals surface area contributed by atoms with Gasteiger partial charge in [-0.15, -0.1) is 0 Å². The van der Waals surface area contributed by atoms with Crippen LogP contribution in [-0.2, 0) is 9.53 Å². The molecule has 2 fully saturated rings. The van der Waals surface area contributed by atoms with Crippen LogP contribution in [0.2, 0.25) is 0 Å². The standard InChI is InChI=1S/C18H25N3O3/c1-12-7-8-19-11-15(12)21-17(22)13-4-2-5-14(10-13)20-18(23)16-6-3-9-24-16/h2,4-5,10,12,15-16,19H,3,6-9,11H2,1H3,(H,20,23)(H,21,22). The van der Waals surface area contributed by atoms with Gasteiger partial charge in [0.25, 0.3) is 11.8 Å². The summed E-state index contributed by atoms with van der Waals surface area (Å²) >= 11 is 0. The van der Waals surface area contributed by atoms with Crippen LogP contribution in [0.3, 0.4) is 0 Å². The number of rotatable bonds is 4. The molecular formula is C18H25N3O3. The molecule has 0 aromatic heterocycles. The fourth-order valence-corrected chi connectivity index (χ4v) is 3.18. The molecule has 2 aliphatic rings. The van der Waals surface area contributed by atoms with Gasteiger partial charge < -0.3 is 20.7 Å². The van der Waals surface area contributed by atoms with E-state index in [9.17, 15) is 9.59 Å². The molecule has 2 amide bonds. The maximum absolute atomic E-state index is 12.5. The molecule has 0 saturated carbocycles. The molecule has 2 saturated heterocycles. The number of piperidine rings is 1. The predicted octanol–water partition coefficient (Wildman–Crippen LogP) is 1.53. The first-order chi connectivity index (χ1) is 11.6. The molecule has 0 radical (unpaired) electrons. The first-order valence-corrected chi connectivity index (χ1v) is 8.67. The Morgan fingerprint density at radius 1 is 1.29 bits per heavy atom. The normalized spacial score (nSPS) is 26.8. The van der Waals surface area contributed by atoms with Gasteiger partial charge in [-0.3, -0.25) is 9.59 Å². The van der Waals surface area contributed by atoms with Gasteiger partial charge in [0.2, 0.25) is 0 Å². The molecule has 0 spiro atoms. The minimum Gasteiger partial charge on any atom is -0.368 e. The second kappa shape index (κ2) is 7.77. The highest BCUT2D eigenvalue weighted by Crippen LogP contribution is 2.17. The molecule has 3 atom stereocenters. The van der Waals surface area contributed by atoms with Crippen LogP contribution in [0, 0.1) is 5.92 Å². The Bertz CT molecular complexity index is 599. The van der Waals surface area contributed by atoms with Crippen molar-refractivity contribution in [3.8, 4) is 0 Å².